The molecule has 2 rings (SSSR count). The highest BCUT2D eigenvalue weighted by atomic mass is 16.5. The van der Waals surface area contributed by atoms with E-state index in [9.17, 15) is 9.59 Å². The van der Waals surface area contributed by atoms with E-state index in [2.05, 4.69) is 0 Å². The molecule has 1 heterocycles. The van der Waals surface area contributed by atoms with Crippen molar-refractivity contribution in [3.8, 4) is 0 Å². The predicted molar refractivity (Wildman–Crippen MR) is 73.4 cm³/mol. The molecule has 0 aromatic heterocycles. The second-order valence-electron chi connectivity index (χ2n) is 5.05. The van der Waals surface area contributed by atoms with Crippen molar-refractivity contribution in [1.82, 2.24) is 4.90 Å². The van der Waals surface area contributed by atoms with Crippen LogP contribution in [0.5, 0.6) is 0 Å². The van der Waals surface area contributed by atoms with Gasteiger partial charge < -0.3 is 14.7 Å². The maximum Gasteiger partial charge on any atom is 0.334 e. The molecule has 1 saturated heterocycles. The maximum atomic E-state index is 12.2. The lowest BCUT2D eigenvalue weighted by Gasteiger charge is -2.31. The smallest absolute Gasteiger partial charge is 0.334 e. The topological polar surface area (TPSA) is 66.8 Å². The number of morpholine rings is 1. The molecule has 108 valence electrons. The van der Waals surface area contributed by atoms with Gasteiger partial charge in [-0.1, -0.05) is 37.3 Å². The molecular formula is C15H19NO4. The van der Waals surface area contributed by atoms with Gasteiger partial charge in [-0.15, -0.1) is 0 Å². The third kappa shape index (κ3) is 3.57. The molecule has 20 heavy (non-hydrogen) atoms. The number of carboxylic acid groups (broad SMARTS) is 1. The van der Waals surface area contributed by atoms with Crippen LogP contribution in [0.3, 0.4) is 0 Å². The van der Waals surface area contributed by atoms with E-state index in [1.54, 1.807) is 4.90 Å². The molecule has 0 radical (unpaired) electrons. The molecule has 0 saturated carbocycles. The van der Waals surface area contributed by atoms with Gasteiger partial charge in [0.05, 0.1) is 13.2 Å². The molecule has 1 aromatic rings. The van der Waals surface area contributed by atoms with E-state index in [1.165, 1.54) is 0 Å². The minimum Gasteiger partial charge on any atom is -0.479 e. The van der Waals surface area contributed by atoms with Crippen molar-refractivity contribution in [3.63, 3.8) is 0 Å². The first-order chi connectivity index (χ1) is 9.58. The number of hydrogen-bond acceptors (Lipinski definition) is 3. The summed E-state index contributed by atoms with van der Waals surface area (Å²) in [5, 5.41) is 8.93. The summed E-state index contributed by atoms with van der Waals surface area (Å²) in [6.07, 6.45) is -0.518. The van der Waals surface area contributed by atoms with Gasteiger partial charge in [-0.25, -0.2) is 4.79 Å². The fraction of sp³-hybridized carbons (Fsp3) is 0.467. The Morgan fingerprint density at radius 2 is 2.10 bits per heavy atom. The van der Waals surface area contributed by atoms with Gasteiger partial charge >= 0.3 is 5.97 Å². The lowest BCUT2D eigenvalue weighted by Crippen LogP contribution is -2.48. The fourth-order valence-electron chi connectivity index (χ4n) is 2.32. The summed E-state index contributed by atoms with van der Waals surface area (Å²) in [6.45, 7) is 2.88. The highest BCUT2D eigenvalue weighted by molar-refractivity contribution is 5.79. The van der Waals surface area contributed by atoms with Gasteiger partial charge in [0.2, 0.25) is 5.91 Å². The number of carbonyl (C=O) groups is 2. The number of hydrogen-bond donors (Lipinski definition) is 1. The van der Waals surface area contributed by atoms with Gasteiger partial charge in [0.1, 0.15) is 0 Å². The SMILES string of the molecule is C[C@H](CC(=O)N1CCO[C@H](C(=O)O)C1)c1ccccc1. The van der Waals surface area contributed by atoms with Gasteiger partial charge in [-0.05, 0) is 11.5 Å². The number of nitrogens with zero attached hydrogens (tertiary/aromatic N) is 1. The van der Waals surface area contributed by atoms with Gasteiger partial charge in [0.25, 0.3) is 0 Å². The van der Waals surface area contributed by atoms with Crippen molar-refractivity contribution < 1.29 is 19.4 Å². The first kappa shape index (κ1) is 14.5. The quantitative estimate of drug-likeness (QED) is 0.905. The zero-order chi connectivity index (χ0) is 14.5. The summed E-state index contributed by atoms with van der Waals surface area (Å²) >= 11 is 0. The van der Waals surface area contributed by atoms with Crippen LogP contribution in [0.1, 0.15) is 24.8 Å². The molecule has 2 atom stereocenters. The number of amides is 1. The van der Waals surface area contributed by atoms with Crippen LogP contribution in [0.25, 0.3) is 0 Å². The molecule has 0 bridgehead atoms. The Balaban J connectivity index is 1.93. The zero-order valence-corrected chi connectivity index (χ0v) is 11.5. The second kappa shape index (κ2) is 6.52. The van der Waals surface area contributed by atoms with Crippen LogP contribution in [-0.2, 0) is 14.3 Å². The second-order valence-corrected chi connectivity index (χ2v) is 5.05. The summed E-state index contributed by atoms with van der Waals surface area (Å²) < 4.78 is 5.12. The summed E-state index contributed by atoms with van der Waals surface area (Å²) in [6, 6.07) is 9.84. The molecule has 0 spiro atoms. The van der Waals surface area contributed by atoms with E-state index < -0.39 is 12.1 Å². The minimum absolute atomic E-state index is 0.0177. The number of ether oxygens (including phenoxy) is 1. The van der Waals surface area contributed by atoms with E-state index in [0.717, 1.165) is 5.56 Å². The van der Waals surface area contributed by atoms with Gasteiger partial charge in [0.15, 0.2) is 6.10 Å². The van der Waals surface area contributed by atoms with Crippen LogP contribution in [-0.4, -0.2) is 47.7 Å². The maximum absolute atomic E-state index is 12.2. The average molecular weight is 277 g/mol. The number of carboxylic acids is 1. The van der Waals surface area contributed by atoms with Crippen LogP contribution in [0.2, 0.25) is 0 Å². The molecule has 0 aliphatic carbocycles. The van der Waals surface area contributed by atoms with E-state index in [-0.39, 0.29) is 25.0 Å². The number of benzene rings is 1. The molecule has 0 unspecified atom stereocenters. The lowest BCUT2D eigenvalue weighted by atomic mass is 9.97. The van der Waals surface area contributed by atoms with Crippen LogP contribution in [0, 0.1) is 0 Å². The van der Waals surface area contributed by atoms with E-state index in [0.29, 0.717) is 13.0 Å². The molecular weight excluding hydrogens is 258 g/mol. The molecule has 5 heteroatoms. The first-order valence-corrected chi connectivity index (χ1v) is 6.75. The highest BCUT2D eigenvalue weighted by Crippen LogP contribution is 2.20. The van der Waals surface area contributed by atoms with Crippen LogP contribution in [0.15, 0.2) is 30.3 Å². The third-order valence-electron chi connectivity index (χ3n) is 3.54. The van der Waals surface area contributed by atoms with Crippen LogP contribution < -0.4 is 0 Å². The average Bonchev–Trinajstić information content (AvgIpc) is 2.48. The Hall–Kier alpha value is -1.88. The summed E-state index contributed by atoms with van der Waals surface area (Å²) in [7, 11) is 0. The third-order valence-corrected chi connectivity index (χ3v) is 3.54. The van der Waals surface area contributed by atoms with Crippen molar-refractivity contribution in [1.29, 1.82) is 0 Å². The van der Waals surface area contributed by atoms with Gasteiger partial charge in [0, 0.05) is 13.0 Å². The molecule has 1 amide bonds. The molecule has 1 N–H and O–H groups in total. The van der Waals surface area contributed by atoms with Crippen molar-refractivity contribution in [2.75, 3.05) is 19.7 Å². The molecule has 1 fully saturated rings. The monoisotopic (exact) mass is 277 g/mol. The minimum atomic E-state index is -1.02. The Bertz CT molecular complexity index is 474. The molecule has 1 aliphatic rings. The largest absolute Gasteiger partial charge is 0.479 e. The van der Waals surface area contributed by atoms with E-state index in [1.807, 2.05) is 37.3 Å². The fourth-order valence-corrected chi connectivity index (χ4v) is 2.32. The number of carbonyl (C=O) groups excluding carboxylic acids is 1. The Morgan fingerprint density at radius 1 is 1.40 bits per heavy atom. The van der Waals surface area contributed by atoms with Crippen molar-refractivity contribution in [3.05, 3.63) is 35.9 Å². The molecule has 5 nitrogen and oxygen atoms in total. The summed E-state index contributed by atoms with van der Waals surface area (Å²) in [5.41, 5.74) is 1.11. The number of aliphatic carboxylic acids is 1. The van der Waals surface area contributed by atoms with Crippen molar-refractivity contribution >= 4 is 11.9 Å². The Morgan fingerprint density at radius 3 is 2.75 bits per heavy atom. The standard InChI is InChI=1S/C15H19NO4/c1-11(12-5-3-2-4-6-12)9-14(17)16-7-8-20-13(10-16)15(18)19/h2-6,11,13H,7-10H2,1H3,(H,18,19)/t11-,13+/m1/s1. The summed E-state index contributed by atoms with van der Waals surface area (Å²) in [5.74, 6) is -0.913. The zero-order valence-electron chi connectivity index (χ0n) is 11.5. The van der Waals surface area contributed by atoms with E-state index in [4.69, 9.17) is 9.84 Å². The lowest BCUT2D eigenvalue weighted by molar-refractivity contribution is -0.159. The molecule has 1 aliphatic heterocycles. The van der Waals surface area contributed by atoms with E-state index >= 15 is 0 Å². The molecule has 1 aromatic carbocycles. The van der Waals surface area contributed by atoms with Crippen LogP contribution in [0.4, 0.5) is 0 Å². The van der Waals surface area contributed by atoms with Gasteiger partial charge in [-0.2, -0.15) is 0 Å². The van der Waals surface area contributed by atoms with Crippen LogP contribution >= 0.6 is 0 Å². The predicted octanol–water partition coefficient (Wildman–Crippen LogP) is 1.49. The highest BCUT2D eigenvalue weighted by Gasteiger charge is 2.29. The summed E-state index contributed by atoms with van der Waals surface area (Å²) in [4.78, 5) is 24.7. The number of rotatable bonds is 4. The Kier molecular flexibility index (Phi) is 4.74. The first-order valence-electron chi connectivity index (χ1n) is 6.75. The van der Waals surface area contributed by atoms with Crippen molar-refractivity contribution in [2.24, 2.45) is 0 Å². The van der Waals surface area contributed by atoms with Crippen molar-refractivity contribution in [2.45, 2.75) is 25.4 Å². The normalized spacial score (nSPS) is 20.4. The van der Waals surface area contributed by atoms with Gasteiger partial charge in [-0.3, -0.25) is 4.79 Å². The Labute approximate surface area is 118 Å².